The molecule has 70 heavy (non-hydrogen) atoms. The van der Waals surface area contributed by atoms with Gasteiger partial charge in [-0.05, 0) is 106 Å². The predicted molar refractivity (Wildman–Crippen MR) is 258 cm³/mol. The van der Waals surface area contributed by atoms with Crippen LogP contribution in [0.3, 0.4) is 0 Å². The number of phenolic OH excluding ortho intramolecular Hbond substituents is 1. The zero-order valence-electron chi connectivity index (χ0n) is 43.9. The van der Waals surface area contributed by atoms with E-state index in [9.17, 15) is 49.8 Å². The number of likely N-dealkylation sites (N-methyl/N-ethyl adjacent to an activating group) is 3. The first-order valence-electron chi connectivity index (χ1n) is 24.6. The van der Waals surface area contributed by atoms with Crippen molar-refractivity contribution in [1.29, 1.82) is 0 Å². The van der Waals surface area contributed by atoms with Crippen molar-refractivity contribution in [1.82, 2.24) is 14.7 Å². The van der Waals surface area contributed by atoms with E-state index >= 15 is 0 Å². The Balaban J connectivity index is 1.37. The van der Waals surface area contributed by atoms with Gasteiger partial charge in [0.05, 0.1) is 49.5 Å². The summed E-state index contributed by atoms with van der Waals surface area (Å²) < 4.78 is 34.6. The highest BCUT2D eigenvalue weighted by Gasteiger charge is 2.50. The first-order chi connectivity index (χ1) is 32.6. The van der Waals surface area contributed by atoms with Gasteiger partial charge in [-0.15, -0.1) is 0 Å². The number of hydrogen-bond acceptors (Lipinski definition) is 18. The number of nitrogens with zero attached hydrogens (tertiary/aromatic N) is 3. The smallest absolute Gasteiger partial charge is 0.342 e. The number of carbonyl (C=O) groups is 4. The van der Waals surface area contributed by atoms with E-state index < -0.39 is 95.9 Å². The Morgan fingerprint density at radius 2 is 1.67 bits per heavy atom. The topological polar surface area (TPSA) is 255 Å². The number of aliphatic hydroxyl groups is 5. The number of methoxy groups -OCH3 is 1. The van der Waals surface area contributed by atoms with Crippen LogP contribution < -0.4 is 4.74 Å². The summed E-state index contributed by atoms with van der Waals surface area (Å²) in [6, 6.07) is -1.36. The highest BCUT2D eigenvalue weighted by molar-refractivity contribution is 5.98. The van der Waals surface area contributed by atoms with E-state index in [4.69, 9.17) is 28.4 Å². The Bertz CT molecular complexity index is 2010. The van der Waals surface area contributed by atoms with Gasteiger partial charge in [0.15, 0.2) is 6.29 Å². The third-order valence-corrected chi connectivity index (χ3v) is 14.9. The molecule has 6 N–H and O–H groups in total. The molecule has 1 aromatic rings. The summed E-state index contributed by atoms with van der Waals surface area (Å²) in [6.45, 7) is 17.6. The van der Waals surface area contributed by atoms with Gasteiger partial charge in [0.1, 0.15) is 54.2 Å². The van der Waals surface area contributed by atoms with Gasteiger partial charge in [-0.2, -0.15) is 0 Å². The van der Waals surface area contributed by atoms with Crippen molar-refractivity contribution in [3.63, 3.8) is 0 Å². The van der Waals surface area contributed by atoms with Crippen molar-refractivity contribution in [2.24, 2.45) is 17.8 Å². The van der Waals surface area contributed by atoms with Crippen LogP contribution >= 0.6 is 0 Å². The number of benzene rings is 1. The lowest BCUT2D eigenvalue weighted by Crippen LogP contribution is -2.60. The van der Waals surface area contributed by atoms with Gasteiger partial charge >= 0.3 is 17.9 Å². The molecular formula is C51H83N3O16. The van der Waals surface area contributed by atoms with Crippen molar-refractivity contribution in [3.8, 4) is 11.5 Å². The molecule has 14 atom stereocenters. The molecular weight excluding hydrogens is 911 g/mol. The summed E-state index contributed by atoms with van der Waals surface area (Å²) in [6.07, 6.45) is -5.14. The number of fused-ring (bicyclic) bond motifs is 1. The Hall–Kier alpha value is -3.92. The zero-order chi connectivity index (χ0) is 52.7. The number of aromatic hydroxyl groups is 1. The van der Waals surface area contributed by atoms with Crippen molar-refractivity contribution in [2.45, 2.75) is 181 Å². The standard InChI is InChI=1S/C51H83N3O16/c1-15-37-51(10,64)45(60)33(8)53(12)24-28(3)23-50(9,63)46(31(6)41(57)32(7)47(61)69-37)70-49-43(59)36(22-29(4)68-49)54(13)38(55)25-52(11)20-21-66-39(56)19-17-27(2)16-18-34-42(58)40-35(26-67-48(40)62)30(5)44(34)65-14/h16,28-29,31-33,36-37,41,43,45-46,49,57-60,63-64H,15,17-26H2,1-14H3/t28-,29-,31+,32-,33-,36?,37-,41+,43-,45-,46-,49+,50-,51-/m1/s1. The first-order valence-corrected chi connectivity index (χ1v) is 24.6. The maximum Gasteiger partial charge on any atom is 0.342 e. The number of esters is 3. The van der Waals surface area contributed by atoms with Crippen LogP contribution in [-0.2, 0) is 51.1 Å². The molecule has 1 aromatic carbocycles. The van der Waals surface area contributed by atoms with Crippen molar-refractivity contribution >= 4 is 23.8 Å². The van der Waals surface area contributed by atoms with Crippen molar-refractivity contribution < 1.29 is 78.2 Å². The summed E-state index contributed by atoms with van der Waals surface area (Å²) in [5, 5.41) is 69.7. The average Bonchev–Trinajstić information content (AvgIpc) is 3.69. The third-order valence-electron chi connectivity index (χ3n) is 14.9. The predicted octanol–water partition coefficient (Wildman–Crippen LogP) is 3.01. The first kappa shape index (κ1) is 58.6. The largest absolute Gasteiger partial charge is 0.507 e. The van der Waals surface area contributed by atoms with Crippen LogP contribution in [0.4, 0.5) is 0 Å². The highest BCUT2D eigenvalue weighted by Crippen LogP contribution is 2.42. The van der Waals surface area contributed by atoms with Gasteiger partial charge in [0.2, 0.25) is 5.91 Å². The number of allylic oxidation sites excluding steroid dienone is 2. The molecule has 4 rings (SSSR count). The van der Waals surface area contributed by atoms with Crippen LogP contribution in [0.5, 0.6) is 11.5 Å². The highest BCUT2D eigenvalue weighted by atomic mass is 16.7. The van der Waals surface area contributed by atoms with E-state index in [1.54, 1.807) is 60.7 Å². The van der Waals surface area contributed by atoms with Gasteiger partial charge in [-0.25, -0.2) is 4.79 Å². The Morgan fingerprint density at radius 3 is 2.30 bits per heavy atom. The second-order valence-electron chi connectivity index (χ2n) is 20.8. The number of amides is 1. The van der Waals surface area contributed by atoms with Crippen LogP contribution in [0.25, 0.3) is 0 Å². The molecule has 398 valence electrons. The number of aliphatic hydroxyl groups excluding tert-OH is 3. The lowest BCUT2D eigenvalue weighted by atomic mass is 9.78. The number of hydrogen-bond donors (Lipinski definition) is 6. The minimum atomic E-state index is -1.83. The number of phenols is 1. The molecule has 0 aliphatic carbocycles. The molecule has 0 bridgehead atoms. The monoisotopic (exact) mass is 994 g/mol. The molecule has 0 aromatic heterocycles. The van der Waals surface area contributed by atoms with Crippen LogP contribution in [0.15, 0.2) is 11.6 Å². The Labute approximate surface area is 414 Å². The van der Waals surface area contributed by atoms with E-state index in [1.807, 2.05) is 31.7 Å². The summed E-state index contributed by atoms with van der Waals surface area (Å²) in [4.78, 5) is 57.3. The Kier molecular flexibility index (Phi) is 20.7. The molecule has 2 fully saturated rings. The zero-order valence-corrected chi connectivity index (χ0v) is 43.9. The van der Waals surface area contributed by atoms with E-state index in [2.05, 4.69) is 0 Å². The van der Waals surface area contributed by atoms with E-state index in [1.165, 1.54) is 25.9 Å². The van der Waals surface area contributed by atoms with Crippen molar-refractivity contribution in [3.05, 3.63) is 33.9 Å². The molecule has 3 heterocycles. The lowest BCUT2D eigenvalue weighted by molar-refractivity contribution is -0.299. The molecule has 2 saturated heterocycles. The second kappa shape index (κ2) is 24.7. The fourth-order valence-electron chi connectivity index (χ4n) is 10.3. The molecule has 19 heteroatoms. The average molecular weight is 994 g/mol. The van der Waals surface area contributed by atoms with Crippen LogP contribution in [0.1, 0.15) is 121 Å². The summed E-state index contributed by atoms with van der Waals surface area (Å²) >= 11 is 0. The van der Waals surface area contributed by atoms with E-state index in [0.29, 0.717) is 29.8 Å². The summed E-state index contributed by atoms with van der Waals surface area (Å²) in [5.41, 5.74) is -0.695. The van der Waals surface area contributed by atoms with Gasteiger partial charge in [-0.1, -0.05) is 32.4 Å². The fourth-order valence-corrected chi connectivity index (χ4v) is 10.3. The summed E-state index contributed by atoms with van der Waals surface area (Å²) in [7, 11) is 6.57. The van der Waals surface area contributed by atoms with Gasteiger partial charge < -0.3 is 68.9 Å². The number of carbonyl (C=O) groups excluding carboxylic acids is 4. The quantitative estimate of drug-likeness (QED) is 0.0839. The van der Waals surface area contributed by atoms with Gasteiger partial charge in [-0.3, -0.25) is 19.3 Å². The van der Waals surface area contributed by atoms with E-state index in [0.717, 1.165) is 11.1 Å². The molecule has 3 aliphatic rings. The molecule has 0 spiro atoms. The molecule has 1 amide bonds. The normalized spacial score (nSPS) is 34.0. The maximum absolute atomic E-state index is 13.7. The van der Waals surface area contributed by atoms with Crippen LogP contribution in [0.2, 0.25) is 0 Å². The maximum atomic E-state index is 13.7. The molecule has 0 saturated carbocycles. The SMILES string of the molecule is CC[C@H]1OC(=O)[C@H](C)[C@@H](O)[C@H](C)[C@@H](O[C@@H]2O[C@H](C)CC(N(C)C(=O)CN(C)CCOC(=O)CCC(C)=CCc3c(O)c4c(c(C)c3OC)COC4=O)[C@H]2O)[C@](C)(O)C[C@@H](C)CN(C)[C@H](C)[C@@H](O)[C@]1(C)O. The minimum absolute atomic E-state index is 0.0229. The Morgan fingerprint density at radius 1 is 1.01 bits per heavy atom. The third kappa shape index (κ3) is 13.8. The van der Waals surface area contributed by atoms with Gasteiger partial charge in [0.25, 0.3) is 0 Å². The van der Waals surface area contributed by atoms with Crippen LogP contribution in [-0.4, -0.2) is 190 Å². The molecule has 0 radical (unpaired) electrons. The minimum Gasteiger partial charge on any atom is -0.507 e. The van der Waals surface area contributed by atoms with Crippen LogP contribution in [0, 0.1) is 24.7 Å². The molecule has 3 aliphatic heterocycles. The second-order valence-corrected chi connectivity index (χ2v) is 20.8. The number of ether oxygens (including phenoxy) is 6. The van der Waals surface area contributed by atoms with E-state index in [-0.39, 0.29) is 81.5 Å². The lowest BCUT2D eigenvalue weighted by Gasteiger charge is -2.47. The summed E-state index contributed by atoms with van der Waals surface area (Å²) in [5.74, 6) is -4.17. The fraction of sp³-hybridized carbons (Fsp3) is 0.765. The van der Waals surface area contributed by atoms with Gasteiger partial charge in [0, 0.05) is 49.6 Å². The van der Waals surface area contributed by atoms with Crippen molar-refractivity contribution in [2.75, 3.05) is 54.5 Å². The molecule has 1 unspecified atom stereocenters. The molecule has 19 nitrogen and oxygen atoms in total. The number of rotatable bonds is 15. The number of cyclic esters (lactones) is 2.